The molecule has 0 saturated carbocycles. The van der Waals surface area contributed by atoms with E-state index in [9.17, 15) is 0 Å². The van der Waals surface area contributed by atoms with Gasteiger partial charge in [-0.05, 0) is 117 Å². The highest BCUT2D eigenvalue weighted by Gasteiger charge is 2.50. The molecule has 55 heavy (non-hydrogen) atoms. The Morgan fingerprint density at radius 3 is 1.60 bits per heavy atom. The molecule has 1 heterocycles. The Bertz CT molecular complexity index is 3130. The van der Waals surface area contributed by atoms with Gasteiger partial charge in [0.15, 0.2) is 0 Å². The van der Waals surface area contributed by atoms with Crippen molar-refractivity contribution >= 4 is 32.3 Å². The van der Waals surface area contributed by atoms with Gasteiger partial charge in [0.1, 0.15) is 0 Å². The van der Waals surface area contributed by atoms with Crippen molar-refractivity contribution in [2.24, 2.45) is 0 Å². The fraction of sp³-hybridized carbons (Fsp3) is 0.0185. The summed E-state index contributed by atoms with van der Waals surface area (Å²) in [7, 11) is 0. The Morgan fingerprint density at radius 2 is 0.855 bits per heavy atom. The molecule has 1 atom stereocenters. The molecule has 1 unspecified atom stereocenters. The van der Waals surface area contributed by atoms with Crippen LogP contribution in [-0.4, -0.2) is 4.98 Å². The quantitative estimate of drug-likeness (QED) is 0.168. The van der Waals surface area contributed by atoms with Gasteiger partial charge in [-0.2, -0.15) is 0 Å². The topological polar surface area (TPSA) is 12.9 Å². The van der Waals surface area contributed by atoms with Crippen molar-refractivity contribution in [3.63, 3.8) is 0 Å². The van der Waals surface area contributed by atoms with Crippen LogP contribution in [0.4, 0.5) is 0 Å². The lowest BCUT2D eigenvalue weighted by molar-refractivity contribution is 0.772. The van der Waals surface area contributed by atoms with Gasteiger partial charge in [-0.3, -0.25) is 4.98 Å². The van der Waals surface area contributed by atoms with Crippen LogP contribution in [0, 0.1) is 0 Å². The number of fused-ring (bicyclic) bond motifs is 11. The molecule has 1 spiro atoms. The minimum Gasteiger partial charge on any atom is -0.264 e. The smallest absolute Gasteiger partial charge is 0.0726 e. The van der Waals surface area contributed by atoms with Crippen LogP contribution in [-0.2, 0) is 5.41 Å². The highest BCUT2D eigenvalue weighted by molar-refractivity contribution is 6.21. The van der Waals surface area contributed by atoms with Crippen LogP contribution in [0.1, 0.15) is 22.3 Å². The van der Waals surface area contributed by atoms with Gasteiger partial charge in [0, 0.05) is 18.0 Å². The van der Waals surface area contributed by atoms with Crippen LogP contribution >= 0.6 is 0 Å². The summed E-state index contributed by atoms with van der Waals surface area (Å²) < 4.78 is 0. The lowest BCUT2D eigenvalue weighted by atomic mass is 9.61. The molecule has 0 N–H and O–H groups in total. The zero-order valence-electron chi connectivity index (χ0n) is 30.0. The molecular formula is C54H33N. The summed E-state index contributed by atoms with van der Waals surface area (Å²) in [5.74, 6) is 0. The maximum absolute atomic E-state index is 4.76. The summed E-state index contributed by atoms with van der Waals surface area (Å²) in [4.78, 5) is 4.76. The second-order valence-corrected chi connectivity index (χ2v) is 15.0. The molecule has 0 aliphatic heterocycles. The van der Waals surface area contributed by atoms with Crippen molar-refractivity contribution in [1.29, 1.82) is 0 Å². The van der Waals surface area contributed by atoms with Gasteiger partial charge >= 0.3 is 0 Å². The maximum atomic E-state index is 4.76. The van der Waals surface area contributed by atoms with E-state index in [0.717, 1.165) is 0 Å². The molecule has 1 heteroatoms. The van der Waals surface area contributed by atoms with Crippen LogP contribution in [0.15, 0.2) is 200 Å². The predicted molar refractivity (Wildman–Crippen MR) is 229 cm³/mol. The standard InChI is InChI=1S/C54H33N/c1-2-12-34(13-3-1)35-24-26-37(27-25-35)51-41-17-4-6-19-43(41)52(44-20-7-5-18-42(44)51)38-28-29-48-45(32-38)46-33-55-31-30-49(46)54(48)47-22-9-8-16-39(47)40-21-10-14-36-15-11-23-50(54)53(36)40/h1-33H. The normalized spacial score (nSPS) is 15.0. The van der Waals surface area contributed by atoms with E-state index in [-0.39, 0.29) is 0 Å². The molecule has 0 amide bonds. The van der Waals surface area contributed by atoms with Crippen LogP contribution in [0.2, 0.25) is 0 Å². The summed E-state index contributed by atoms with van der Waals surface area (Å²) in [6.07, 6.45) is 4.07. The predicted octanol–water partition coefficient (Wildman–Crippen LogP) is 13.9. The summed E-state index contributed by atoms with van der Waals surface area (Å²) >= 11 is 0. The Morgan fingerprint density at radius 1 is 0.327 bits per heavy atom. The van der Waals surface area contributed by atoms with Crippen molar-refractivity contribution in [3.05, 3.63) is 223 Å². The molecule has 254 valence electrons. The van der Waals surface area contributed by atoms with E-state index in [4.69, 9.17) is 4.98 Å². The number of benzene rings is 9. The second kappa shape index (κ2) is 11.5. The number of nitrogens with zero attached hydrogens (tertiary/aromatic N) is 1. The van der Waals surface area contributed by atoms with Crippen molar-refractivity contribution in [3.8, 4) is 55.6 Å². The molecule has 9 aromatic carbocycles. The third-order valence-corrected chi connectivity index (χ3v) is 12.4. The van der Waals surface area contributed by atoms with Crippen molar-refractivity contribution in [1.82, 2.24) is 4.98 Å². The average Bonchev–Trinajstić information content (AvgIpc) is 3.55. The molecule has 2 aliphatic rings. The van der Waals surface area contributed by atoms with Crippen LogP contribution < -0.4 is 0 Å². The first kappa shape index (κ1) is 30.4. The number of hydrogen-bond acceptors (Lipinski definition) is 1. The van der Waals surface area contributed by atoms with E-state index in [1.54, 1.807) is 0 Å². The highest BCUT2D eigenvalue weighted by atomic mass is 14.6. The Labute approximate surface area is 319 Å². The van der Waals surface area contributed by atoms with E-state index >= 15 is 0 Å². The van der Waals surface area contributed by atoms with E-state index < -0.39 is 5.41 Å². The van der Waals surface area contributed by atoms with Crippen molar-refractivity contribution < 1.29 is 0 Å². The molecular weight excluding hydrogens is 663 g/mol. The van der Waals surface area contributed by atoms with E-state index in [2.05, 4.69) is 194 Å². The van der Waals surface area contributed by atoms with Gasteiger partial charge in [0.05, 0.1) is 5.41 Å². The fourth-order valence-electron chi connectivity index (χ4n) is 10.2. The molecule has 0 bridgehead atoms. The Hall–Kier alpha value is -7.09. The van der Waals surface area contributed by atoms with Crippen molar-refractivity contribution in [2.45, 2.75) is 5.41 Å². The van der Waals surface area contributed by atoms with Crippen LogP contribution in [0.3, 0.4) is 0 Å². The summed E-state index contributed by atoms with van der Waals surface area (Å²) in [5, 5.41) is 7.64. The SMILES string of the molecule is c1ccc(-c2ccc(-c3c4ccccc4c(-c4ccc5c(c4)-c4cnccc4C54c5ccccc5-c5cccc6cccc4c56)c4ccccc34)cc2)cc1. The van der Waals surface area contributed by atoms with Gasteiger partial charge in [-0.25, -0.2) is 0 Å². The summed E-state index contributed by atoms with van der Waals surface area (Å²) in [5.41, 5.74) is 17.3. The lowest BCUT2D eigenvalue weighted by Gasteiger charge is -2.40. The first-order valence-corrected chi connectivity index (χ1v) is 19.1. The molecule has 1 nitrogen and oxygen atoms in total. The molecule has 0 radical (unpaired) electrons. The Balaban J connectivity index is 1.12. The maximum Gasteiger partial charge on any atom is 0.0726 e. The van der Waals surface area contributed by atoms with Crippen LogP contribution in [0.5, 0.6) is 0 Å². The first-order valence-electron chi connectivity index (χ1n) is 19.1. The monoisotopic (exact) mass is 695 g/mol. The molecule has 1 aromatic heterocycles. The van der Waals surface area contributed by atoms with Gasteiger partial charge in [0.25, 0.3) is 0 Å². The van der Waals surface area contributed by atoms with Gasteiger partial charge in [-0.1, -0.05) is 176 Å². The third-order valence-electron chi connectivity index (χ3n) is 12.4. The van der Waals surface area contributed by atoms with Crippen LogP contribution in [0.25, 0.3) is 88.0 Å². The summed E-state index contributed by atoms with van der Waals surface area (Å²) in [6.45, 7) is 0. The molecule has 0 fully saturated rings. The lowest BCUT2D eigenvalue weighted by Crippen LogP contribution is -2.31. The van der Waals surface area contributed by atoms with E-state index in [1.807, 2.05) is 6.20 Å². The van der Waals surface area contributed by atoms with Gasteiger partial charge in [-0.15, -0.1) is 0 Å². The number of hydrogen-bond donors (Lipinski definition) is 0. The largest absolute Gasteiger partial charge is 0.264 e. The number of aromatic nitrogens is 1. The van der Waals surface area contributed by atoms with Gasteiger partial charge < -0.3 is 0 Å². The zero-order valence-corrected chi connectivity index (χ0v) is 30.0. The molecule has 0 saturated heterocycles. The molecule has 2 aliphatic carbocycles. The third kappa shape index (κ3) is 4.10. The average molecular weight is 696 g/mol. The first-order chi connectivity index (χ1) is 27.3. The summed E-state index contributed by atoms with van der Waals surface area (Å²) in [6, 6.07) is 69.8. The molecule has 10 aromatic rings. The minimum atomic E-state index is -0.462. The Kier molecular flexibility index (Phi) is 6.33. The second-order valence-electron chi connectivity index (χ2n) is 15.0. The number of pyridine rings is 1. The van der Waals surface area contributed by atoms with Gasteiger partial charge in [0.2, 0.25) is 0 Å². The molecule has 12 rings (SSSR count). The van der Waals surface area contributed by atoms with E-state index in [0.29, 0.717) is 0 Å². The highest BCUT2D eigenvalue weighted by Crippen LogP contribution is 2.62. The van der Waals surface area contributed by atoms with E-state index in [1.165, 1.54) is 110 Å². The fourth-order valence-corrected chi connectivity index (χ4v) is 10.2. The van der Waals surface area contributed by atoms with Crippen molar-refractivity contribution in [2.75, 3.05) is 0 Å². The minimum absolute atomic E-state index is 0.462. The zero-order chi connectivity index (χ0) is 36.1. The number of rotatable bonds is 3.